The minimum atomic E-state index is 0.786. The molecule has 0 bridgehead atoms. The van der Waals surface area contributed by atoms with Crippen molar-refractivity contribution in [3.8, 4) is 12.3 Å². The SMILES string of the molecule is C#Cc1ccc2cc(C)ccc2c1.CC.CC.CCSNC1CCCC[C@@H]1C. The van der Waals surface area contributed by atoms with Crippen LogP contribution >= 0.6 is 11.9 Å². The molecule has 1 fully saturated rings. The van der Waals surface area contributed by atoms with Gasteiger partial charge in [0.1, 0.15) is 0 Å². The molecule has 2 aromatic carbocycles. The van der Waals surface area contributed by atoms with E-state index in [0.29, 0.717) is 0 Å². The number of terminal acetylenes is 1. The van der Waals surface area contributed by atoms with E-state index in [2.05, 4.69) is 55.7 Å². The molecule has 1 saturated carbocycles. The van der Waals surface area contributed by atoms with Crippen LogP contribution in [0, 0.1) is 25.2 Å². The maximum absolute atomic E-state index is 5.32. The molecular formula is C26H41NS. The smallest absolute Gasteiger partial charge is 0.0248 e. The predicted octanol–water partition coefficient (Wildman–Crippen LogP) is 8.00. The van der Waals surface area contributed by atoms with Crippen molar-refractivity contribution in [2.75, 3.05) is 5.75 Å². The van der Waals surface area contributed by atoms with Crippen molar-refractivity contribution >= 4 is 22.7 Å². The second-order valence-corrected chi connectivity index (χ2v) is 7.73. The first kappa shape index (κ1) is 26.6. The van der Waals surface area contributed by atoms with Crippen LogP contribution < -0.4 is 4.72 Å². The highest BCUT2D eigenvalue weighted by Gasteiger charge is 2.20. The Balaban J connectivity index is 0.000000447. The van der Waals surface area contributed by atoms with E-state index in [1.54, 1.807) is 0 Å². The standard InChI is InChI=1S/C13H10.C9H19NS.2C2H6/c1-3-11-5-7-12-8-10(2)4-6-13(12)9-11;1-3-11-10-9-7-5-4-6-8(9)2;2*1-2/h1,4-9H,2H3;8-10H,3-7H2,1-2H3;2*1-2H3/t;8-,9?;;/m.0../s1. The quantitative estimate of drug-likeness (QED) is 0.414. The van der Waals surface area contributed by atoms with Crippen molar-refractivity contribution in [3.05, 3.63) is 47.5 Å². The van der Waals surface area contributed by atoms with Crippen LogP contribution in [0.3, 0.4) is 0 Å². The number of rotatable bonds is 3. The molecule has 0 saturated heterocycles. The molecule has 1 nitrogen and oxygen atoms in total. The van der Waals surface area contributed by atoms with Crippen molar-refractivity contribution < 1.29 is 0 Å². The van der Waals surface area contributed by atoms with Gasteiger partial charge in [-0.2, -0.15) is 0 Å². The van der Waals surface area contributed by atoms with Crippen LogP contribution in [-0.4, -0.2) is 11.8 Å². The third kappa shape index (κ3) is 9.67. The lowest BCUT2D eigenvalue weighted by atomic mass is 9.87. The summed E-state index contributed by atoms with van der Waals surface area (Å²) in [5.41, 5.74) is 2.22. The van der Waals surface area contributed by atoms with E-state index in [-0.39, 0.29) is 0 Å². The van der Waals surface area contributed by atoms with Crippen LogP contribution in [0.15, 0.2) is 36.4 Å². The Bertz CT molecular complexity index is 686. The zero-order valence-electron chi connectivity index (χ0n) is 19.1. The maximum atomic E-state index is 5.32. The van der Waals surface area contributed by atoms with Gasteiger partial charge >= 0.3 is 0 Å². The molecule has 2 atom stereocenters. The van der Waals surface area contributed by atoms with Gasteiger partial charge in [0.05, 0.1) is 0 Å². The molecule has 156 valence electrons. The number of fused-ring (bicyclic) bond motifs is 1. The second-order valence-electron chi connectivity index (χ2n) is 6.63. The van der Waals surface area contributed by atoms with Gasteiger partial charge in [-0.15, -0.1) is 6.42 Å². The summed E-state index contributed by atoms with van der Waals surface area (Å²) in [6, 6.07) is 13.2. The van der Waals surface area contributed by atoms with Gasteiger partial charge in [0, 0.05) is 17.4 Å². The molecule has 28 heavy (non-hydrogen) atoms. The number of benzene rings is 2. The molecular weight excluding hydrogens is 358 g/mol. The Morgan fingerprint density at radius 1 is 1.00 bits per heavy atom. The maximum Gasteiger partial charge on any atom is 0.0248 e. The van der Waals surface area contributed by atoms with Gasteiger partial charge in [0.25, 0.3) is 0 Å². The lowest BCUT2D eigenvalue weighted by Crippen LogP contribution is -2.33. The van der Waals surface area contributed by atoms with Gasteiger partial charge in [-0.05, 0) is 48.6 Å². The minimum absolute atomic E-state index is 0.786. The van der Waals surface area contributed by atoms with E-state index < -0.39 is 0 Å². The van der Waals surface area contributed by atoms with E-state index in [4.69, 9.17) is 6.42 Å². The first-order chi connectivity index (χ1) is 13.6. The molecule has 0 aromatic heterocycles. The molecule has 2 aromatic rings. The summed E-state index contributed by atoms with van der Waals surface area (Å²) in [5.74, 6) is 4.71. The van der Waals surface area contributed by atoms with E-state index in [9.17, 15) is 0 Å². The minimum Gasteiger partial charge on any atom is -0.261 e. The van der Waals surface area contributed by atoms with Crippen LogP contribution in [0.2, 0.25) is 0 Å². The molecule has 0 heterocycles. The average Bonchev–Trinajstić information content (AvgIpc) is 2.76. The van der Waals surface area contributed by atoms with Crippen molar-refractivity contribution in [1.29, 1.82) is 0 Å². The summed E-state index contributed by atoms with van der Waals surface area (Å²) in [7, 11) is 0. The highest BCUT2D eigenvalue weighted by molar-refractivity contribution is 7.97. The molecule has 1 unspecified atom stereocenters. The van der Waals surface area contributed by atoms with E-state index in [1.165, 1.54) is 47.8 Å². The summed E-state index contributed by atoms with van der Waals surface area (Å²) < 4.78 is 3.54. The van der Waals surface area contributed by atoms with Gasteiger partial charge < -0.3 is 0 Å². The Labute approximate surface area is 179 Å². The van der Waals surface area contributed by atoms with Gasteiger partial charge in [-0.1, -0.05) is 102 Å². The van der Waals surface area contributed by atoms with Crippen molar-refractivity contribution in [1.82, 2.24) is 4.72 Å². The summed E-state index contributed by atoms with van der Waals surface area (Å²) in [6.07, 6.45) is 11.0. The Morgan fingerprint density at radius 2 is 1.61 bits per heavy atom. The van der Waals surface area contributed by atoms with Crippen LogP contribution in [-0.2, 0) is 0 Å². The van der Waals surface area contributed by atoms with Gasteiger partial charge in [-0.25, -0.2) is 0 Å². The Hall–Kier alpha value is -1.43. The number of hydrogen-bond acceptors (Lipinski definition) is 2. The first-order valence-electron chi connectivity index (χ1n) is 11.0. The summed E-state index contributed by atoms with van der Waals surface area (Å²) in [5, 5.41) is 2.46. The van der Waals surface area contributed by atoms with Crippen LogP contribution in [0.1, 0.15) is 78.4 Å². The van der Waals surface area contributed by atoms with Crippen LogP contribution in [0.5, 0.6) is 0 Å². The molecule has 1 aliphatic rings. The zero-order chi connectivity index (χ0) is 21.4. The van der Waals surface area contributed by atoms with Crippen molar-refractivity contribution in [2.45, 2.75) is 80.2 Å². The largest absolute Gasteiger partial charge is 0.261 e. The molecule has 3 rings (SSSR count). The second kappa shape index (κ2) is 16.5. The fourth-order valence-corrected chi connectivity index (χ4v) is 3.87. The molecule has 2 heteroatoms. The highest BCUT2D eigenvalue weighted by atomic mass is 32.2. The number of aryl methyl sites for hydroxylation is 1. The summed E-state index contributed by atoms with van der Waals surface area (Å²) in [6.45, 7) is 14.7. The lowest BCUT2D eigenvalue weighted by molar-refractivity contribution is 0.316. The summed E-state index contributed by atoms with van der Waals surface area (Å²) in [4.78, 5) is 0. The van der Waals surface area contributed by atoms with E-state index in [0.717, 1.165) is 17.5 Å². The fourth-order valence-electron chi connectivity index (χ4n) is 3.14. The van der Waals surface area contributed by atoms with Crippen molar-refractivity contribution in [3.63, 3.8) is 0 Å². The number of nitrogens with one attached hydrogen (secondary N) is 1. The molecule has 0 radical (unpaired) electrons. The van der Waals surface area contributed by atoms with Gasteiger partial charge in [0.15, 0.2) is 0 Å². The summed E-state index contributed by atoms with van der Waals surface area (Å²) >= 11 is 1.87. The topological polar surface area (TPSA) is 12.0 Å². The van der Waals surface area contributed by atoms with E-state index >= 15 is 0 Å². The Morgan fingerprint density at radius 3 is 2.21 bits per heavy atom. The third-order valence-corrected chi connectivity index (χ3v) is 5.41. The Kier molecular flexibility index (Phi) is 15.7. The van der Waals surface area contributed by atoms with Crippen molar-refractivity contribution in [2.24, 2.45) is 5.92 Å². The first-order valence-corrected chi connectivity index (χ1v) is 12.0. The van der Waals surface area contributed by atoms with Gasteiger partial charge in [-0.3, -0.25) is 4.72 Å². The van der Waals surface area contributed by atoms with Gasteiger partial charge in [0.2, 0.25) is 0 Å². The van der Waals surface area contributed by atoms with E-state index in [1.807, 2.05) is 51.8 Å². The monoisotopic (exact) mass is 399 g/mol. The predicted molar refractivity (Wildman–Crippen MR) is 132 cm³/mol. The normalized spacial score (nSPS) is 17.6. The lowest BCUT2D eigenvalue weighted by Gasteiger charge is -2.28. The highest BCUT2D eigenvalue weighted by Crippen LogP contribution is 2.24. The van der Waals surface area contributed by atoms with Crippen LogP contribution in [0.25, 0.3) is 10.8 Å². The molecule has 1 N–H and O–H groups in total. The fraction of sp³-hybridized carbons (Fsp3) is 0.538. The molecule has 0 spiro atoms. The third-order valence-electron chi connectivity index (χ3n) is 4.65. The molecule has 1 aliphatic carbocycles. The molecule has 0 amide bonds. The molecule has 0 aliphatic heterocycles. The zero-order valence-corrected chi connectivity index (χ0v) is 20.0. The average molecular weight is 400 g/mol. The van der Waals surface area contributed by atoms with Crippen LogP contribution in [0.4, 0.5) is 0 Å². The number of hydrogen-bond donors (Lipinski definition) is 1.